The molecule has 0 spiro atoms. The zero-order chi connectivity index (χ0) is 13.8. The van der Waals surface area contributed by atoms with Gasteiger partial charge >= 0.3 is 5.97 Å². The number of benzene rings is 1. The van der Waals surface area contributed by atoms with Gasteiger partial charge in [-0.05, 0) is 30.3 Å². The van der Waals surface area contributed by atoms with Crippen molar-refractivity contribution in [1.29, 1.82) is 0 Å². The number of aromatic carboxylic acids is 1. The minimum absolute atomic E-state index is 0.182. The molecule has 19 heavy (non-hydrogen) atoms. The predicted molar refractivity (Wildman–Crippen MR) is 70.3 cm³/mol. The minimum Gasteiger partial charge on any atom is -0.478 e. The molecule has 0 unspecified atom stereocenters. The molecule has 1 heterocycles. The van der Waals surface area contributed by atoms with Gasteiger partial charge in [0.1, 0.15) is 5.03 Å². The molecule has 0 aliphatic carbocycles. The maximum Gasteiger partial charge on any atom is 0.335 e. The Labute approximate surface area is 113 Å². The summed E-state index contributed by atoms with van der Waals surface area (Å²) in [4.78, 5) is 26.9. The number of nitrogens with two attached hydrogens (primary N) is 1. The topological polar surface area (TPSA) is 93.3 Å². The van der Waals surface area contributed by atoms with Gasteiger partial charge < -0.3 is 10.8 Å². The Morgan fingerprint density at radius 3 is 2.68 bits per heavy atom. The predicted octanol–water partition coefficient (Wildman–Crippen LogP) is 2.03. The van der Waals surface area contributed by atoms with Crippen LogP contribution in [0.4, 0.5) is 0 Å². The fourth-order valence-corrected chi connectivity index (χ4v) is 2.41. The number of hydrogen-bond acceptors (Lipinski definition) is 4. The highest BCUT2D eigenvalue weighted by atomic mass is 32.2. The summed E-state index contributed by atoms with van der Waals surface area (Å²) in [5.74, 6) is -1.57. The number of carboxylic acids is 1. The van der Waals surface area contributed by atoms with E-state index in [4.69, 9.17) is 10.8 Å². The van der Waals surface area contributed by atoms with E-state index >= 15 is 0 Å². The van der Waals surface area contributed by atoms with E-state index in [-0.39, 0.29) is 5.56 Å². The lowest BCUT2D eigenvalue weighted by Gasteiger charge is -2.05. The number of carbonyl (C=O) groups is 2. The van der Waals surface area contributed by atoms with Gasteiger partial charge in [-0.3, -0.25) is 4.79 Å². The lowest BCUT2D eigenvalue weighted by Crippen LogP contribution is -2.12. The maximum atomic E-state index is 11.3. The molecular weight excluding hydrogens is 264 g/mol. The molecule has 0 aliphatic rings. The first-order valence-corrected chi connectivity index (χ1v) is 6.15. The van der Waals surface area contributed by atoms with Gasteiger partial charge in [-0.2, -0.15) is 0 Å². The van der Waals surface area contributed by atoms with Crippen molar-refractivity contribution in [2.45, 2.75) is 9.92 Å². The highest BCUT2D eigenvalue weighted by Crippen LogP contribution is 2.28. The largest absolute Gasteiger partial charge is 0.478 e. The molecule has 0 fully saturated rings. The first-order valence-electron chi connectivity index (χ1n) is 5.34. The Morgan fingerprint density at radius 2 is 2.00 bits per heavy atom. The molecule has 0 saturated carbocycles. The third-order valence-electron chi connectivity index (χ3n) is 2.33. The number of rotatable bonds is 4. The molecule has 0 atom stereocenters. The zero-order valence-electron chi connectivity index (χ0n) is 9.74. The first kappa shape index (κ1) is 13.1. The van der Waals surface area contributed by atoms with Gasteiger partial charge in [-0.25, -0.2) is 9.78 Å². The molecule has 6 heteroatoms. The van der Waals surface area contributed by atoms with E-state index in [0.717, 1.165) is 0 Å². The molecule has 1 aromatic carbocycles. The standard InChI is InChI=1S/C13H10N2O3S/c14-11(16)10-5-2-6-15-12(10)19-9-4-1-3-8(7-9)13(17)18/h1-7H,(H2,14,16)(H,17,18). The lowest BCUT2D eigenvalue weighted by molar-refractivity contribution is 0.0696. The Hall–Kier alpha value is -2.34. The minimum atomic E-state index is -1.00. The van der Waals surface area contributed by atoms with Crippen LogP contribution in [0.5, 0.6) is 0 Å². The van der Waals surface area contributed by atoms with Crippen LogP contribution in [-0.4, -0.2) is 22.0 Å². The summed E-state index contributed by atoms with van der Waals surface area (Å²) in [6.45, 7) is 0. The van der Waals surface area contributed by atoms with Crippen LogP contribution in [0.25, 0.3) is 0 Å². The summed E-state index contributed by atoms with van der Waals surface area (Å²) < 4.78 is 0. The smallest absolute Gasteiger partial charge is 0.335 e. The fourth-order valence-electron chi connectivity index (χ4n) is 1.46. The molecule has 5 nitrogen and oxygen atoms in total. The molecule has 1 aromatic heterocycles. The summed E-state index contributed by atoms with van der Waals surface area (Å²) >= 11 is 1.20. The normalized spacial score (nSPS) is 10.1. The van der Waals surface area contributed by atoms with E-state index in [9.17, 15) is 9.59 Å². The van der Waals surface area contributed by atoms with Gasteiger partial charge in [0.25, 0.3) is 5.91 Å². The van der Waals surface area contributed by atoms with Crippen LogP contribution in [-0.2, 0) is 0 Å². The maximum absolute atomic E-state index is 11.3. The number of hydrogen-bond donors (Lipinski definition) is 2. The Kier molecular flexibility index (Phi) is 3.82. The Balaban J connectivity index is 2.34. The van der Waals surface area contributed by atoms with E-state index in [0.29, 0.717) is 15.5 Å². The van der Waals surface area contributed by atoms with Gasteiger partial charge in [0, 0.05) is 11.1 Å². The SMILES string of the molecule is NC(=O)c1cccnc1Sc1cccc(C(=O)O)c1. The molecule has 0 saturated heterocycles. The third-order valence-corrected chi connectivity index (χ3v) is 3.34. The second kappa shape index (κ2) is 5.53. The van der Waals surface area contributed by atoms with Crippen LogP contribution in [0, 0.1) is 0 Å². The molecular formula is C13H10N2O3S. The van der Waals surface area contributed by atoms with Gasteiger partial charge in [0.15, 0.2) is 0 Å². The van der Waals surface area contributed by atoms with Crippen LogP contribution in [0.3, 0.4) is 0 Å². The average molecular weight is 274 g/mol. The van der Waals surface area contributed by atoms with Crippen molar-refractivity contribution in [2.24, 2.45) is 5.73 Å². The van der Waals surface area contributed by atoms with Crippen molar-refractivity contribution in [1.82, 2.24) is 4.98 Å². The highest BCUT2D eigenvalue weighted by molar-refractivity contribution is 7.99. The van der Waals surface area contributed by atoms with E-state index in [1.54, 1.807) is 30.5 Å². The van der Waals surface area contributed by atoms with Gasteiger partial charge in [-0.15, -0.1) is 0 Å². The average Bonchev–Trinajstić information content (AvgIpc) is 2.39. The molecule has 2 aromatic rings. The van der Waals surface area contributed by atoms with Crippen LogP contribution in [0.2, 0.25) is 0 Å². The molecule has 0 radical (unpaired) electrons. The van der Waals surface area contributed by atoms with E-state index in [1.165, 1.54) is 23.9 Å². The number of primary amides is 1. The third kappa shape index (κ3) is 3.11. The van der Waals surface area contributed by atoms with Crippen LogP contribution in [0.15, 0.2) is 52.5 Å². The van der Waals surface area contributed by atoms with Crippen molar-refractivity contribution in [3.63, 3.8) is 0 Å². The first-order chi connectivity index (χ1) is 9.08. The van der Waals surface area contributed by atoms with Crippen molar-refractivity contribution < 1.29 is 14.7 Å². The van der Waals surface area contributed by atoms with E-state index in [1.807, 2.05) is 0 Å². The molecule has 1 amide bonds. The number of carbonyl (C=O) groups excluding carboxylic acids is 1. The summed E-state index contributed by atoms with van der Waals surface area (Å²) in [6, 6.07) is 9.61. The number of nitrogens with zero attached hydrogens (tertiary/aromatic N) is 1. The van der Waals surface area contributed by atoms with Crippen LogP contribution < -0.4 is 5.73 Å². The zero-order valence-corrected chi connectivity index (χ0v) is 10.6. The Morgan fingerprint density at radius 1 is 1.21 bits per heavy atom. The van der Waals surface area contributed by atoms with Crippen LogP contribution >= 0.6 is 11.8 Å². The van der Waals surface area contributed by atoms with Gasteiger partial charge in [0.2, 0.25) is 0 Å². The number of amides is 1. The quantitative estimate of drug-likeness (QED) is 0.889. The van der Waals surface area contributed by atoms with Crippen molar-refractivity contribution in [2.75, 3.05) is 0 Å². The van der Waals surface area contributed by atoms with Crippen molar-refractivity contribution in [3.8, 4) is 0 Å². The molecule has 2 rings (SSSR count). The number of carboxylic acid groups (broad SMARTS) is 1. The Bertz CT molecular complexity index is 643. The van der Waals surface area contributed by atoms with E-state index < -0.39 is 11.9 Å². The molecule has 0 aliphatic heterocycles. The second-order valence-corrected chi connectivity index (χ2v) is 4.72. The number of pyridine rings is 1. The van der Waals surface area contributed by atoms with E-state index in [2.05, 4.69) is 4.98 Å². The van der Waals surface area contributed by atoms with Gasteiger partial charge in [-0.1, -0.05) is 17.8 Å². The van der Waals surface area contributed by atoms with Crippen LogP contribution in [0.1, 0.15) is 20.7 Å². The fraction of sp³-hybridized carbons (Fsp3) is 0. The molecule has 96 valence electrons. The highest BCUT2D eigenvalue weighted by Gasteiger charge is 2.11. The summed E-state index contributed by atoms with van der Waals surface area (Å²) in [5.41, 5.74) is 5.76. The molecule has 3 N–H and O–H groups in total. The summed E-state index contributed by atoms with van der Waals surface area (Å²) in [5, 5.41) is 9.38. The van der Waals surface area contributed by atoms with Crippen molar-refractivity contribution >= 4 is 23.6 Å². The summed E-state index contributed by atoms with van der Waals surface area (Å²) in [7, 11) is 0. The monoisotopic (exact) mass is 274 g/mol. The summed E-state index contributed by atoms with van der Waals surface area (Å²) in [6.07, 6.45) is 1.55. The van der Waals surface area contributed by atoms with Gasteiger partial charge in [0.05, 0.1) is 11.1 Å². The lowest BCUT2D eigenvalue weighted by atomic mass is 10.2. The second-order valence-electron chi connectivity index (χ2n) is 3.66. The molecule has 0 bridgehead atoms. The van der Waals surface area contributed by atoms with Crippen molar-refractivity contribution in [3.05, 3.63) is 53.7 Å². The number of aromatic nitrogens is 1.